The summed E-state index contributed by atoms with van der Waals surface area (Å²) in [5, 5.41) is 6.46. The molecule has 0 aliphatic heterocycles. The molecule has 0 atom stereocenters. The van der Waals surface area contributed by atoms with Crippen molar-refractivity contribution >= 4 is 38.7 Å². The second-order valence-electron chi connectivity index (χ2n) is 7.44. The van der Waals surface area contributed by atoms with Crippen molar-refractivity contribution in [2.45, 2.75) is 18.7 Å². The predicted molar refractivity (Wildman–Crippen MR) is 128 cm³/mol. The first-order valence-electron chi connectivity index (χ1n) is 10.1. The number of aromatic nitrogens is 2. The van der Waals surface area contributed by atoms with Gasteiger partial charge in [-0.1, -0.05) is 17.7 Å². The van der Waals surface area contributed by atoms with Gasteiger partial charge in [0.25, 0.3) is 10.0 Å². The van der Waals surface area contributed by atoms with Gasteiger partial charge in [0, 0.05) is 23.1 Å². The third-order valence-corrected chi connectivity index (χ3v) is 6.09. The number of rotatable bonds is 7. The summed E-state index contributed by atoms with van der Waals surface area (Å²) in [4.78, 5) is 8.81. The molecule has 0 fully saturated rings. The number of benzene rings is 3. The van der Waals surface area contributed by atoms with Gasteiger partial charge in [0.05, 0.1) is 4.90 Å². The minimum atomic E-state index is -3.81. The zero-order valence-corrected chi connectivity index (χ0v) is 18.8. The molecule has 9 heteroatoms. The van der Waals surface area contributed by atoms with E-state index in [0.717, 1.165) is 23.5 Å². The highest BCUT2D eigenvalue weighted by molar-refractivity contribution is 7.92. The van der Waals surface area contributed by atoms with E-state index in [0.29, 0.717) is 23.1 Å². The topological polar surface area (TPSA) is 96.0 Å². The lowest BCUT2D eigenvalue weighted by Gasteiger charge is -2.12. The van der Waals surface area contributed by atoms with Crippen LogP contribution in [0.4, 0.5) is 33.1 Å². The van der Waals surface area contributed by atoms with Crippen LogP contribution in [0.5, 0.6) is 0 Å². The van der Waals surface area contributed by atoms with Crippen LogP contribution in [-0.2, 0) is 10.0 Å². The molecular formula is C24H22FN5O2S. The molecule has 0 radical (unpaired) electrons. The minimum Gasteiger partial charge on any atom is -0.340 e. The molecule has 0 unspecified atom stereocenters. The van der Waals surface area contributed by atoms with Crippen molar-refractivity contribution in [3.8, 4) is 0 Å². The summed E-state index contributed by atoms with van der Waals surface area (Å²) in [6.45, 7) is 3.83. The van der Waals surface area contributed by atoms with E-state index in [9.17, 15) is 12.8 Å². The van der Waals surface area contributed by atoms with Crippen molar-refractivity contribution in [2.75, 3.05) is 15.4 Å². The highest BCUT2D eigenvalue weighted by Crippen LogP contribution is 2.23. The second kappa shape index (κ2) is 9.25. The van der Waals surface area contributed by atoms with E-state index in [-0.39, 0.29) is 4.90 Å². The van der Waals surface area contributed by atoms with Crippen molar-refractivity contribution in [3.05, 3.63) is 96.1 Å². The van der Waals surface area contributed by atoms with Gasteiger partial charge in [-0.05, 0) is 74.5 Å². The van der Waals surface area contributed by atoms with Crippen molar-refractivity contribution in [1.29, 1.82) is 0 Å². The Morgan fingerprint density at radius 1 is 0.697 bits per heavy atom. The summed E-state index contributed by atoms with van der Waals surface area (Å²) in [7, 11) is -3.81. The summed E-state index contributed by atoms with van der Waals surface area (Å²) in [6.07, 6.45) is 0. The smallest absolute Gasteiger partial charge is 0.261 e. The molecule has 3 N–H and O–H groups in total. The zero-order valence-electron chi connectivity index (χ0n) is 18.0. The first-order valence-corrected chi connectivity index (χ1v) is 11.6. The lowest BCUT2D eigenvalue weighted by Crippen LogP contribution is -2.12. The molecule has 0 spiro atoms. The molecule has 0 aliphatic rings. The number of anilines is 5. The standard InChI is InChI=1S/C24H22FN5O2S/c1-16-3-7-19(8-4-16)28-23-15-24(27-17(2)26-23)29-20-9-11-21(12-10-20)30-33(31,32)22-13-5-18(25)6-14-22/h3-15,30H,1-2H3,(H2,26,27,28,29). The Hall–Kier alpha value is -3.98. The van der Waals surface area contributed by atoms with Gasteiger partial charge in [0.2, 0.25) is 0 Å². The summed E-state index contributed by atoms with van der Waals surface area (Å²) < 4.78 is 40.5. The van der Waals surface area contributed by atoms with Gasteiger partial charge in [-0.15, -0.1) is 0 Å². The van der Waals surface area contributed by atoms with Crippen LogP contribution in [0.3, 0.4) is 0 Å². The van der Waals surface area contributed by atoms with Crippen molar-refractivity contribution in [2.24, 2.45) is 0 Å². The molecule has 0 aliphatic carbocycles. The first-order chi connectivity index (χ1) is 15.8. The van der Waals surface area contributed by atoms with Crippen LogP contribution in [0, 0.1) is 19.7 Å². The van der Waals surface area contributed by atoms with E-state index in [1.807, 2.05) is 31.2 Å². The van der Waals surface area contributed by atoms with Crippen molar-refractivity contribution in [1.82, 2.24) is 9.97 Å². The molecule has 0 saturated heterocycles. The van der Waals surface area contributed by atoms with Crippen LogP contribution in [0.15, 0.2) is 83.8 Å². The zero-order chi connectivity index (χ0) is 23.4. The summed E-state index contributed by atoms with van der Waals surface area (Å²) >= 11 is 0. The maximum absolute atomic E-state index is 13.1. The molecule has 0 bridgehead atoms. The second-order valence-corrected chi connectivity index (χ2v) is 9.12. The van der Waals surface area contributed by atoms with Gasteiger partial charge in [0.15, 0.2) is 0 Å². The fourth-order valence-corrected chi connectivity index (χ4v) is 4.14. The fraction of sp³-hybridized carbons (Fsp3) is 0.0833. The molecular weight excluding hydrogens is 441 g/mol. The summed E-state index contributed by atoms with van der Waals surface area (Å²) in [6, 6.07) is 21.1. The van der Waals surface area contributed by atoms with Crippen LogP contribution in [0.1, 0.15) is 11.4 Å². The number of halogens is 1. The third-order valence-electron chi connectivity index (χ3n) is 4.70. The first kappa shape index (κ1) is 22.2. The Labute approximate surface area is 191 Å². The normalized spacial score (nSPS) is 11.1. The number of sulfonamides is 1. The van der Waals surface area contributed by atoms with E-state index < -0.39 is 15.8 Å². The lowest BCUT2D eigenvalue weighted by molar-refractivity contribution is 0.599. The highest BCUT2D eigenvalue weighted by Gasteiger charge is 2.14. The van der Waals surface area contributed by atoms with E-state index in [2.05, 4.69) is 25.3 Å². The largest absolute Gasteiger partial charge is 0.340 e. The molecule has 0 saturated carbocycles. The lowest BCUT2D eigenvalue weighted by atomic mass is 10.2. The van der Waals surface area contributed by atoms with Crippen LogP contribution in [-0.4, -0.2) is 18.4 Å². The average molecular weight is 464 g/mol. The number of nitrogens with one attached hydrogen (secondary N) is 3. The fourth-order valence-electron chi connectivity index (χ4n) is 3.08. The van der Waals surface area contributed by atoms with Crippen LogP contribution >= 0.6 is 0 Å². The molecule has 4 aromatic rings. The van der Waals surface area contributed by atoms with E-state index >= 15 is 0 Å². The van der Waals surface area contributed by atoms with Gasteiger partial charge in [-0.2, -0.15) is 0 Å². The number of hydrogen-bond acceptors (Lipinski definition) is 6. The molecule has 0 amide bonds. The van der Waals surface area contributed by atoms with E-state index in [1.54, 1.807) is 37.3 Å². The molecule has 33 heavy (non-hydrogen) atoms. The quantitative estimate of drug-likeness (QED) is 0.334. The van der Waals surface area contributed by atoms with Crippen LogP contribution in [0.25, 0.3) is 0 Å². The van der Waals surface area contributed by atoms with Gasteiger partial charge >= 0.3 is 0 Å². The maximum atomic E-state index is 13.1. The van der Waals surface area contributed by atoms with E-state index in [1.165, 1.54) is 17.7 Å². The van der Waals surface area contributed by atoms with Crippen LogP contribution in [0.2, 0.25) is 0 Å². The molecule has 1 aromatic heterocycles. The van der Waals surface area contributed by atoms with Crippen LogP contribution < -0.4 is 15.4 Å². The molecule has 1 heterocycles. The molecule has 3 aromatic carbocycles. The summed E-state index contributed by atoms with van der Waals surface area (Å²) in [5.74, 6) is 1.34. The maximum Gasteiger partial charge on any atom is 0.261 e. The minimum absolute atomic E-state index is 0.0174. The highest BCUT2D eigenvalue weighted by atomic mass is 32.2. The monoisotopic (exact) mass is 463 g/mol. The number of hydrogen-bond donors (Lipinski definition) is 3. The average Bonchev–Trinajstić information content (AvgIpc) is 2.76. The van der Waals surface area contributed by atoms with Crippen molar-refractivity contribution < 1.29 is 12.8 Å². The Morgan fingerprint density at radius 3 is 1.73 bits per heavy atom. The number of aryl methyl sites for hydroxylation is 2. The Balaban J connectivity index is 1.46. The van der Waals surface area contributed by atoms with Gasteiger partial charge < -0.3 is 10.6 Å². The van der Waals surface area contributed by atoms with Gasteiger partial charge in [-0.25, -0.2) is 22.8 Å². The summed E-state index contributed by atoms with van der Waals surface area (Å²) in [5.41, 5.74) is 3.19. The SMILES string of the molecule is Cc1ccc(Nc2cc(Nc3ccc(NS(=O)(=O)c4ccc(F)cc4)cc3)nc(C)n2)cc1. The third kappa shape index (κ3) is 5.83. The Morgan fingerprint density at radius 2 is 1.18 bits per heavy atom. The Bertz CT molecular complexity index is 1360. The predicted octanol–water partition coefficient (Wildman–Crippen LogP) is 5.52. The van der Waals surface area contributed by atoms with Crippen molar-refractivity contribution in [3.63, 3.8) is 0 Å². The van der Waals surface area contributed by atoms with E-state index in [4.69, 9.17) is 0 Å². The Kier molecular flexibility index (Phi) is 6.23. The number of nitrogens with zero attached hydrogens (tertiary/aromatic N) is 2. The molecule has 4 rings (SSSR count). The van der Waals surface area contributed by atoms with Gasteiger partial charge in [-0.3, -0.25) is 4.72 Å². The molecule has 7 nitrogen and oxygen atoms in total. The molecule has 168 valence electrons. The van der Waals surface area contributed by atoms with Gasteiger partial charge in [0.1, 0.15) is 23.3 Å².